The normalized spacial score (nSPS) is 11.4. The van der Waals surface area contributed by atoms with Crippen LogP contribution in [0.1, 0.15) is 12.0 Å². The van der Waals surface area contributed by atoms with Crippen LogP contribution in [0.25, 0.3) is 0 Å². The highest BCUT2D eigenvalue weighted by atomic mass is 15.1. The van der Waals surface area contributed by atoms with Gasteiger partial charge in [-0.3, -0.25) is 0 Å². The van der Waals surface area contributed by atoms with Gasteiger partial charge in [-0.05, 0) is 52.6 Å². The molecule has 0 saturated carbocycles. The molecule has 0 atom stereocenters. The summed E-state index contributed by atoms with van der Waals surface area (Å²) in [7, 11) is 6.44. The lowest BCUT2D eigenvalue weighted by atomic mass is 10.1. The van der Waals surface area contributed by atoms with Crippen LogP contribution in [0.15, 0.2) is 30.3 Å². The molecule has 1 N–H and O–H groups in total. The van der Waals surface area contributed by atoms with Crippen molar-refractivity contribution in [2.24, 2.45) is 0 Å². The maximum atomic E-state index is 3.50. The van der Waals surface area contributed by atoms with E-state index in [0.29, 0.717) is 0 Å². The molecule has 108 valence electrons. The van der Waals surface area contributed by atoms with Crippen LogP contribution in [0.3, 0.4) is 0 Å². The first-order valence-corrected chi connectivity index (χ1v) is 7.26. The third-order valence-corrected chi connectivity index (χ3v) is 3.25. The van der Waals surface area contributed by atoms with Gasteiger partial charge in [0.1, 0.15) is 0 Å². The van der Waals surface area contributed by atoms with E-state index >= 15 is 0 Å². The average molecular weight is 263 g/mol. The molecule has 0 aliphatic rings. The molecule has 1 rings (SSSR count). The number of hydrogen-bond acceptors (Lipinski definition) is 3. The maximum absolute atomic E-state index is 3.50. The van der Waals surface area contributed by atoms with Crippen molar-refractivity contribution >= 4 is 0 Å². The number of nitrogens with one attached hydrogen (secondary N) is 1. The maximum Gasteiger partial charge on any atom is 0.0104 e. The van der Waals surface area contributed by atoms with Gasteiger partial charge in [0.15, 0.2) is 0 Å². The lowest BCUT2D eigenvalue weighted by molar-refractivity contribution is 0.332. The van der Waals surface area contributed by atoms with E-state index < -0.39 is 0 Å². The Morgan fingerprint density at radius 3 is 2.32 bits per heavy atom. The van der Waals surface area contributed by atoms with Crippen molar-refractivity contribution in [2.45, 2.75) is 12.8 Å². The minimum absolute atomic E-state index is 1.08. The molecule has 19 heavy (non-hydrogen) atoms. The van der Waals surface area contributed by atoms with E-state index in [1.54, 1.807) is 0 Å². The first-order chi connectivity index (χ1) is 9.18. The second-order valence-electron chi connectivity index (χ2n) is 5.45. The summed E-state index contributed by atoms with van der Waals surface area (Å²) in [6, 6.07) is 10.7. The lowest BCUT2D eigenvalue weighted by Crippen LogP contribution is -2.31. The van der Waals surface area contributed by atoms with Gasteiger partial charge in [-0.25, -0.2) is 0 Å². The monoisotopic (exact) mass is 263 g/mol. The third-order valence-electron chi connectivity index (χ3n) is 3.25. The topological polar surface area (TPSA) is 18.5 Å². The third kappa shape index (κ3) is 8.76. The van der Waals surface area contributed by atoms with Gasteiger partial charge < -0.3 is 15.1 Å². The van der Waals surface area contributed by atoms with E-state index in [4.69, 9.17) is 0 Å². The summed E-state index contributed by atoms with van der Waals surface area (Å²) in [5, 5.41) is 3.50. The summed E-state index contributed by atoms with van der Waals surface area (Å²) in [5.74, 6) is 0. The van der Waals surface area contributed by atoms with Crippen molar-refractivity contribution in [3.05, 3.63) is 35.9 Å². The largest absolute Gasteiger partial charge is 0.315 e. The Balaban J connectivity index is 1.98. The Morgan fingerprint density at radius 1 is 0.895 bits per heavy atom. The van der Waals surface area contributed by atoms with E-state index in [0.717, 1.165) is 39.1 Å². The van der Waals surface area contributed by atoms with E-state index in [-0.39, 0.29) is 0 Å². The van der Waals surface area contributed by atoms with Crippen LogP contribution < -0.4 is 5.32 Å². The molecular formula is C16H29N3. The highest BCUT2D eigenvalue weighted by Crippen LogP contribution is 2.00. The van der Waals surface area contributed by atoms with Crippen molar-refractivity contribution in [2.75, 3.05) is 53.9 Å². The Morgan fingerprint density at radius 2 is 1.63 bits per heavy atom. The van der Waals surface area contributed by atoms with Gasteiger partial charge >= 0.3 is 0 Å². The second kappa shape index (κ2) is 9.96. The van der Waals surface area contributed by atoms with Crippen molar-refractivity contribution in [1.29, 1.82) is 0 Å². The van der Waals surface area contributed by atoms with Gasteiger partial charge in [0.2, 0.25) is 0 Å². The quantitative estimate of drug-likeness (QED) is 0.648. The van der Waals surface area contributed by atoms with Crippen LogP contribution in [-0.2, 0) is 6.42 Å². The summed E-state index contributed by atoms with van der Waals surface area (Å²) in [6.07, 6.45) is 2.36. The Labute approximate surface area is 118 Å². The standard InChI is InChI=1S/C16H29N3/c1-18(2)13-7-11-17-12-15-19(3)14-10-16-8-5-4-6-9-16/h4-6,8-9,17H,7,10-15H2,1-3H3. The van der Waals surface area contributed by atoms with Gasteiger partial charge in [0.25, 0.3) is 0 Å². The molecule has 0 saturated heterocycles. The van der Waals surface area contributed by atoms with Crippen LogP contribution in [0.2, 0.25) is 0 Å². The van der Waals surface area contributed by atoms with Crippen molar-refractivity contribution in [1.82, 2.24) is 15.1 Å². The molecule has 3 heteroatoms. The van der Waals surface area contributed by atoms with Gasteiger partial charge in [0.05, 0.1) is 0 Å². The van der Waals surface area contributed by atoms with Gasteiger partial charge in [0, 0.05) is 19.6 Å². The molecule has 0 bridgehead atoms. The molecule has 1 aromatic carbocycles. The molecule has 0 spiro atoms. The predicted octanol–water partition coefficient (Wildman–Crippen LogP) is 1.70. The molecule has 0 unspecified atom stereocenters. The van der Waals surface area contributed by atoms with Gasteiger partial charge in [-0.15, -0.1) is 0 Å². The van der Waals surface area contributed by atoms with E-state index in [2.05, 4.69) is 66.6 Å². The van der Waals surface area contributed by atoms with E-state index in [9.17, 15) is 0 Å². The second-order valence-corrected chi connectivity index (χ2v) is 5.45. The van der Waals surface area contributed by atoms with Crippen LogP contribution in [-0.4, -0.2) is 63.7 Å². The summed E-state index contributed by atoms with van der Waals surface area (Å²) in [6.45, 7) is 5.61. The fourth-order valence-electron chi connectivity index (χ4n) is 1.99. The molecule has 0 aromatic heterocycles. The minimum Gasteiger partial charge on any atom is -0.315 e. The number of likely N-dealkylation sites (N-methyl/N-ethyl adjacent to an activating group) is 1. The molecule has 0 radical (unpaired) electrons. The number of rotatable bonds is 10. The highest BCUT2D eigenvalue weighted by molar-refractivity contribution is 5.14. The summed E-state index contributed by atoms with van der Waals surface area (Å²) < 4.78 is 0. The first-order valence-electron chi connectivity index (χ1n) is 7.26. The zero-order valence-corrected chi connectivity index (χ0v) is 12.7. The molecule has 0 aliphatic carbocycles. The zero-order valence-electron chi connectivity index (χ0n) is 12.7. The Kier molecular flexibility index (Phi) is 8.47. The van der Waals surface area contributed by atoms with Crippen molar-refractivity contribution < 1.29 is 0 Å². The zero-order chi connectivity index (χ0) is 13.9. The van der Waals surface area contributed by atoms with Gasteiger partial charge in [-0.1, -0.05) is 30.3 Å². The first kappa shape index (κ1) is 16.2. The lowest BCUT2D eigenvalue weighted by Gasteiger charge is -2.17. The number of benzene rings is 1. The molecule has 1 aromatic rings. The van der Waals surface area contributed by atoms with Crippen molar-refractivity contribution in [3.63, 3.8) is 0 Å². The summed E-state index contributed by atoms with van der Waals surface area (Å²) in [5.41, 5.74) is 1.42. The summed E-state index contributed by atoms with van der Waals surface area (Å²) >= 11 is 0. The Hall–Kier alpha value is -0.900. The smallest absolute Gasteiger partial charge is 0.0104 e. The summed E-state index contributed by atoms with van der Waals surface area (Å²) in [4.78, 5) is 4.62. The minimum atomic E-state index is 1.08. The van der Waals surface area contributed by atoms with E-state index in [1.165, 1.54) is 12.0 Å². The fraction of sp³-hybridized carbons (Fsp3) is 0.625. The van der Waals surface area contributed by atoms with Crippen LogP contribution in [0, 0.1) is 0 Å². The number of nitrogens with zero attached hydrogens (tertiary/aromatic N) is 2. The Bertz CT molecular complexity index is 311. The van der Waals surface area contributed by atoms with Crippen LogP contribution in [0.4, 0.5) is 0 Å². The predicted molar refractivity (Wildman–Crippen MR) is 83.7 cm³/mol. The molecular weight excluding hydrogens is 234 g/mol. The molecule has 0 fully saturated rings. The highest BCUT2D eigenvalue weighted by Gasteiger charge is 1.99. The molecule has 0 aliphatic heterocycles. The van der Waals surface area contributed by atoms with Crippen LogP contribution in [0.5, 0.6) is 0 Å². The van der Waals surface area contributed by atoms with E-state index in [1.807, 2.05) is 0 Å². The average Bonchev–Trinajstić information content (AvgIpc) is 2.41. The molecule has 3 nitrogen and oxygen atoms in total. The molecule has 0 heterocycles. The fourth-order valence-corrected chi connectivity index (χ4v) is 1.99. The van der Waals surface area contributed by atoms with Crippen LogP contribution >= 0.6 is 0 Å². The molecule has 0 amide bonds. The van der Waals surface area contributed by atoms with Crippen molar-refractivity contribution in [3.8, 4) is 0 Å². The van der Waals surface area contributed by atoms with Gasteiger partial charge in [-0.2, -0.15) is 0 Å². The number of hydrogen-bond donors (Lipinski definition) is 1. The SMILES string of the molecule is CN(C)CCCNCCN(C)CCc1ccccc1.